The van der Waals surface area contributed by atoms with E-state index in [1.54, 1.807) is 0 Å². The zero-order valence-corrected chi connectivity index (χ0v) is 78.4. The SMILES string of the molecule is O=C(NCCCCCCCCCCCCNC(=O)NCCOCCOC(=O)NC1CCCCC1)NCCOCCOC(=O)NC1CCCCC1.O=C(NCCCCCCNC(=O)NCCOC(=O)NC1CCCCC1)NCCOC(=O)NC1CCCCC1.O=C(NCCCCNC(=O)NCCOCCOC(=O)NC1CCCCC1)NCCOCCOC(=O)NC1CCCCC1. The second-order valence-corrected chi connectivity index (χ2v) is 33.9. The Balaban J connectivity index is 0.000000412. The van der Waals surface area contributed by atoms with Crippen molar-refractivity contribution in [1.82, 2.24) is 95.7 Å². The minimum Gasteiger partial charge on any atom is -0.448 e. The maximum Gasteiger partial charge on any atom is 0.407 e. The minimum atomic E-state index is -0.422. The first-order valence-electron chi connectivity index (χ1n) is 49.6. The summed E-state index contributed by atoms with van der Waals surface area (Å²) >= 11 is 0. The zero-order valence-electron chi connectivity index (χ0n) is 78.4. The molecule has 6 saturated carbocycles. The maximum absolute atomic E-state index is 11.9. The molecule has 40 nitrogen and oxygen atoms in total. The fourth-order valence-corrected chi connectivity index (χ4v) is 15.6. The van der Waals surface area contributed by atoms with Gasteiger partial charge in [0.05, 0.1) is 65.9 Å². The van der Waals surface area contributed by atoms with E-state index in [0.717, 1.165) is 205 Å². The van der Waals surface area contributed by atoms with Crippen LogP contribution < -0.4 is 95.7 Å². The molecule has 0 unspecified atom stereocenters. The topological polar surface area (TPSA) is 514 Å². The zero-order chi connectivity index (χ0) is 93.1. The highest BCUT2D eigenvalue weighted by Gasteiger charge is 2.23. The standard InChI is InChI=1S/C36H68N6O8.C28H52N6O8.C26H48N6O6/c43-33(39-23-25-47-27-29-49-35(45)41-31-17-11-9-12-18-31)37-21-15-7-5-3-1-2-4-6-8-16-22-38-34(44)40-24-26-48-28-30-50-36(46)42-32-19-13-10-14-20-32;35-25(31-15-17-39-19-21-41-27(37)33-23-9-3-1-4-10-23)29-13-7-8-14-30-26(36)32-16-18-40-20-22-42-28(38)34-24-11-5-2-6-12-24;33-23(29-17-19-37-25(35)31-21-11-5-3-6-12-21)27-15-9-1-2-10-16-28-24(34)30-18-20-38-26(36)32-22-13-7-4-8-14-22/h31-32H,1-30H2,(H,41,45)(H,42,46)(H2,37,39,43)(H2,38,40,44);23-24H,1-22H2,(H,33,37)(H,34,38)(H2,29,31,35)(H2,30,32,36);21-22H,1-20H2,(H,31,35)(H,32,36)(H2,27,29,33)(H2,28,30,34). The number of amides is 18. The van der Waals surface area contributed by atoms with Crippen LogP contribution in [0, 0.1) is 0 Å². The van der Waals surface area contributed by atoms with E-state index in [1.165, 1.54) is 77.0 Å². The van der Waals surface area contributed by atoms with Crippen LogP contribution in [-0.2, 0) is 47.4 Å². The van der Waals surface area contributed by atoms with Gasteiger partial charge < -0.3 is 143 Å². The average Bonchev–Trinajstić information content (AvgIpc) is 0.960. The molecule has 0 aromatic heterocycles. The largest absolute Gasteiger partial charge is 0.448 e. The van der Waals surface area contributed by atoms with Gasteiger partial charge >= 0.3 is 72.7 Å². The molecule has 6 rings (SSSR count). The lowest BCUT2D eigenvalue weighted by Crippen LogP contribution is -2.40. The van der Waals surface area contributed by atoms with Gasteiger partial charge in [0.1, 0.15) is 39.6 Å². The van der Waals surface area contributed by atoms with Gasteiger partial charge in [-0.25, -0.2) is 57.5 Å². The summed E-state index contributed by atoms with van der Waals surface area (Å²) in [6.45, 7) is 8.93. The molecule has 0 bridgehead atoms. The van der Waals surface area contributed by atoms with E-state index >= 15 is 0 Å². The van der Waals surface area contributed by atoms with E-state index in [4.69, 9.17) is 47.4 Å². The lowest BCUT2D eigenvalue weighted by Gasteiger charge is -2.22. The van der Waals surface area contributed by atoms with E-state index in [9.17, 15) is 57.5 Å². The molecule has 0 spiro atoms. The second kappa shape index (κ2) is 80.9. The Kier molecular flexibility index (Phi) is 70.6. The first-order valence-corrected chi connectivity index (χ1v) is 49.6. The van der Waals surface area contributed by atoms with Crippen molar-refractivity contribution in [2.75, 3.05) is 171 Å². The smallest absolute Gasteiger partial charge is 0.407 e. The van der Waals surface area contributed by atoms with Gasteiger partial charge in [-0.05, 0) is 116 Å². The van der Waals surface area contributed by atoms with E-state index < -0.39 is 24.4 Å². The Morgan fingerprint density at radius 1 is 0.154 bits per heavy atom. The number of ether oxygens (including phenoxy) is 10. The summed E-state index contributed by atoms with van der Waals surface area (Å²) in [5, 5.41) is 50.4. The van der Waals surface area contributed by atoms with Gasteiger partial charge in [0, 0.05) is 102 Å². The van der Waals surface area contributed by atoms with Crippen LogP contribution in [0.5, 0.6) is 0 Å². The number of carbonyl (C=O) groups excluding carboxylic acids is 12. The number of rotatable bonds is 61. The molecule has 40 heteroatoms. The van der Waals surface area contributed by atoms with Gasteiger partial charge in [0.25, 0.3) is 0 Å². The summed E-state index contributed by atoms with van der Waals surface area (Å²) in [6.07, 6.45) is 47.2. The molecule has 6 aliphatic carbocycles. The Hall–Kier alpha value is -8.92. The summed E-state index contributed by atoms with van der Waals surface area (Å²) < 4.78 is 52.3. The normalized spacial score (nSPS) is 15.6. The van der Waals surface area contributed by atoms with E-state index in [-0.39, 0.29) is 151 Å². The van der Waals surface area contributed by atoms with Crippen molar-refractivity contribution in [2.45, 2.75) is 332 Å². The van der Waals surface area contributed by atoms with Crippen LogP contribution in [0.3, 0.4) is 0 Å². The van der Waals surface area contributed by atoms with Crippen LogP contribution in [0.15, 0.2) is 0 Å². The van der Waals surface area contributed by atoms with E-state index in [2.05, 4.69) is 95.7 Å². The molecule has 6 fully saturated rings. The van der Waals surface area contributed by atoms with Crippen molar-refractivity contribution >= 4 is 72.7 Å². The lowest BCUT2D eigenvalue weighted by atomic mass is 9.96. The predicted molar refractivity (Wildman–Crippen MR) is 494 cm³/mol. The van der Waals surface area contributed by atoms with Gasteiger partial charge in [-0.3, -0.25) is 0 Å². The molecular formula is C90H168N18O22. The fraction of sp³-hybridized carbons (Fsp3) is 0.867. The number of carbonyl (C=O) groups is 12. The van der Waals surface area contributed by atoms with Gasteiger partial charge in [-0.1, -0.05) is 180 Å². The van der Waals surface area contributed by atoms with Crippen molar-refractivity contribution in [2.24, 2.45) is 0 Å². The molecule has 0 aliphatic heterocycles. The van der Waals surface area contributed by atoms with Crippen molar-refractivity contribution < 1.29 is 105 Å². The molecule has 0 aromatic rings. The van der Waals surface area contributed by atoms with Crippen LogP contribution in [0.25, 0.3) is 0 Å². The van der Waals surface area contributed by atoms with Crippen molar-refractivity contribution in [1.29, 1.82) is 0 Å². The summed E-state index contributed by atoms with van der Waals surface area (Å²) in [6, 6.07) is -0.213. The number of alkyl carbamates (subject to hydrolysis) is 6. The van der Waals surface area contributed by atoms with Gasteiger partial charge in [0.2, 0.25) is 0 Å². The summed E-state index contributed by atoms with van der Waals surface area (Å²) in [4.78, 5) is 141. The molecule has 750 valence electrons. The second-order valence-electron chi connectivity index (χ2n) is 33.9. The number of nitrogens with one attached hydrogen (secondary N) is 18. The van der Waals surface area contributed by atoms with Gasteiger partial charge in [-0.15, -0.1) is 0 Å². The molecule has 0 atom stereocenters. The summed E-state index contributed by atoms with van der Waals surface area (Å²) in [7, 11) is 0. The highest BCUT2D eigenvalue weighted by molar-refractivity contribution is 5.76. The molecule has 0 radical (unpaired) electrons. The molecule has 0 saturated heterocycles. The number of hydrogen-bond acceptors (Lipinski definition) is 22. The Morgan fingerprint density at radius 2 is 0.292 bits per heavy atom. The van der Waals surface area contributed by atoms with Crippen LogP contribution >= 0.6 is 0 Å². The van der Waals surface area contributed by atoms with Gasteiger partial charge in [-0.2, -0.15) is 0 Å². The summed E-state index contributed by atoms with van der Waals surface area (Å²) in [5.74, 6) is 0. The minimum absolute atomic E-state index is 0.134. The van der Waals surface area contributed by atoms with E-state index in [1.807, 2.05) is 0 Å². The average molecular weight is 1850 g/mol. The Morgan fingerprint density at radius 3 is 0.469 bits per heavy atom. The third-order valence-electron chi connectivity index (χ3n) is 22.8. The third-order valence-corrected chi connectivity index (χ3v) is 22.8. The number of hydrogen-bond donors (Lipinski definition) is 18. The van der Waals surface area contributed by atoms with Crippen LogP contribution in [0.1, 0.15) is 295 Å². The molecule has 18 N–H and O–H groups in total. The van der Waals surface area contributed by atoms with Crippen LogP contribution in [0.2, 0.25) is 0 Å². The van der Waals surface area contributed by atoms with Crippen molar-refractivity contribution in [3.8, 4) is 0 Å². The Labute approximate surface area is 772 Å². The molecule has 18 amide bonds. The van der Waals surface area contributed by atoms with Crippen molar-refractivity contribution in [3.63, 3.8) is 0 Å². The first kappa shape index (κ1) is 113. The Bertz CT molecular complexity index is 2760. The van der Waals surface area contributed by atoms with E-state index in [0.29, 0.717) is 118 Å². The van der Waals surface area contributed by atoms with Crippen LogP contribution in [-0.4, -0.2) is 280 Å². The van der Waals surface area contributed by atoms with Gasteiger partial charge in [0.15, 0.2) is 0 Å². The first-order chi connectivity index (χ1) is 63.6. The maximum atomic E-state index is 11.9. The summed E-state index contributed by atoms with van der Waals surface area (Å²) in [5.41, 5.74) is 0. The van der Waals surface area contributed by atoms with Crippen molar-refractivity contribution in [3.05, 3.63) is 0 Å². The highest BCUT2D eigenvalue weighted by Crippen LogP contribution is 2.22. The molecular weight excluding hydrogens is 1690 g/mol. The predicted octanol–water partition coefficient (Wildman–Crippen LogP) is 11.4. The number of unbranched alkanes of at least 4 members (excludes halogenated alkanes) is 13. The lowest BCUT2D eigenvalue weighted by molar-refractivity contribution is 0.0723. The highest BCUT2D eigenvalue weighted by atomic mass is 16.6. The van der Waals surface area contributed by atoms with Crippen LogP contribution in [0.4, 0.5) is 57.5 Å². The molecule has 130 heavy (non-hydrogen) atoms. The molecule has 6 aliphatic rings. The monoisotopic (exact) mass is 1850 g/mol. The fourth-order valence-electron chi connectivity index (χ4n) is 15.6. The molecule has 0 heterocycles. The number of urea groups is 6. The quantitative estimate of drug-likeness (QED) is 0.0199. The molecule has 0 aromatic carbocycles. The third kappa shape index (κ3) is 69.9.